The van der Waals surface area contributed by atoms with Crippen LogP contribution in [0.1, 0.15) is 12.5 Å². The van der Waals surface area contributed by atoms with Crippen molar-refractivity contribution < 1.29 is 13.9 Å². The van der Waals surface area contributed by atoms with Crippen molar-refractivity contribution in [2.45, 2.75) is 13.3 Å². The van der Waals surface area contributed by atoms with Gasteiger partial charge in [0.2, 0.25) is 0 Å². The molecular formula is C10H11ClFNO2. The molecule has 0 spiro atoms. The molecule has 0 amide bonds. The molecule has 0 aromatic heterocycles. The predicted octanol–water partition coefficient (Wildman–Crippen LogP) is 2.17. The van der Waals surface area contributed by atoms with Gasteiger partial charge in [0, 0.05) is 5.69 Å². The average Bonchev–Trinajstić information content (AvgIpc) is 2.14. The maximum absolute atomic E-state index is 12.9. The lowest BCUT2D eigenvalue weighted by molar-refractivity contribution is -0.142. The van der Waals surface area contributed by atoms with Crippen LogP contribution < -0.4 is 5.73 Å². The van der Waals surface area contributed by atoms with E-state index >= 15 is 0 Å². The Labute approximate surface area is 92.0 Å². The van der Waals surface area contributed by atoms with Crippen molar-refractivity contribution in [3.63, 3.8) is 0 Å². The second-order valence-corrected chi connectivity index (χ2v) is 3.35. The first kappa shape index (κ1) is 11.8. The summed E-state index contributed by atoms with van der Waals surface area (Å²) >= 11 is 5.56. The summed E-state index contributed by atoms with van der Waals surface area (Å²) in [5, 5.41) is -0.0523. The van der Waals surface area contributed by atoms with Crippen LogP contribution in [0.15, 0.2) is 12.1 Å². The lowest BCUT2D eigenvalue weighted by atomic mass is 10.1. The van der Waals surface area contributed by atoms with E-state index in [0.29, 0.717) is 12.2 Å². The van der Waals surface area contributed by atoms with Crippen molar-refractivity contribution in [1.82, 2.24) is 0 Å². The highest BCUT2D eigenvalue weighted by molar-refractivity contribution is 6.30. The molecule has 2 N–H and O–H groups in total. The summed E-state index contributed by atoms with van der Waals surface area (Å²) < 4.78 is 17.7. The first-order chi connectivity index (χ1) is 7.04. The molecule has 0 aliphatic heterocycles. The normalized spacial score (nSPS) is 10.1. The second kappa shape index (κ2) is 4.98. The van der Waals surface area contributed by atoms with E-state index in [4.69, 9.17) is 22.1 Å². The van der Waals surface area contributed by atoms with Crippen molar-refractivity contribution >= 4 is 23.3 Å². The summed E-state index contributed by atoms with van der Waals surface area (Å²) in [6.07, 6.45) is -0.000324. The molecule has 5 heteroatoms. The van der Waals surface area contributed by atoms with Gasteiger partial charge >= 0.3 is 5.97 Å². The molecular weight excluding hydrogens is 221 g/mol. The molecule has 0 atom stereocenters. The van der Waals surface area contributed by atoms with E-state index in [2.05, 4.69) is 0 Å². The van der Waals surface area contributed by atoms with Gasteiger partial charge in [0.1, 0.15) is 5.82 Å². The van der Waals surface area contributed by atoms with Gasteiger partial charge in [0.25, 0.3) is 0 Å². The number of halogens is 2. The molecule has 0 unspecified atom stereocenters. The van der Waals surface area contributed by atoms with Crippen molar-refractivity contribution in [1.29, 1.82) is 0 Å². The second-order valence-electron chi connectivity index (χ2n) is 2.95. The zero-order chi connectivity index (χ0) is 11.4. The van der Waals surface area contributed by atoms with Gasteiger partial charge in [-0.3, -0.25) is 4.79 Å². The summed E-state index contributed by atoms with van der Waals surface area (Å²) in [4.78, 5) is 11.1. The highest BCUT2D eigenvalue weighted by Crippen LogP contribution is 2.22. The summed E-state index contributed by atoms with van der Waals surface area (Å²) in [5.41, 5.74) is 6.20. The van der Waals surface area contributed by atoms with Crippen molar-refractivity contribution in [2.75, 3.05) is 12.3 Å². The number of carbonyl (C=O) groups is 1. The molecule has 3 nitrogen and oxygen atoms in total. The number of nitrogen functional groups attached to an aromatic ring is 1. The summed E-state index contributed by atoms with van der Waals surface area (Å²) in [6.45, 7) is 2.01. The largest absolute Gasteiger partial charge is 0.466 e. The highest BCUT2D eigenvalue weighted by atomic mass is 35.5. The van der Waals surface area contributed by atoms with Gasteiger partial charge in [-0.05, 0) is 24.6 Å². The summed E-state index contributed by atoms with van der Waals surface area (Å²) in [7, 11) is 0. The molecule has 0 aliphatic rings. The molecule has 0 radical (unpaired) electrons. The van der Waals surface area contributed by atoms with E-state index in [1.807, 2.05) is 0 Å². The summed E-state index contributed by atoms with van der Waals surface area (Å²) in [6, 6.07) is 2.43. The number of hydrogen-bond acceptors (Lipinski definition) is 3. The molecule has 0 saturated carbocycles. The van der Waals surface area contributed by atoms with Crippen LogP contribution in [0.4, 0.5) is 10.1 Å². The molecule has 0 fully saturated rings. The number of carbonyl (C=O) groups excluding carboxylic acids is 1. The number of hydrogen-bond donors (Lipinski definition) is 1. The number of esters is 1. The molecule has 1 rings (SSSR count). The highest BCUT2D eigenvalue weighted by Gasteiger charge is 2.10. The SMILES string of the molecule is CCOC(=O)Cc1cc(Cl)c(F)cc1N. The van der Waals surface area contributed by atoms with Crippen molar-refractivity contribution in [2.24, 2.45) is 0 Å². The molecule has 15 heavy (non-hydrogen) atoms. The Morgan fingerprint density at radius 1 is 1.60 bits per heavy atom. The standard InChI is InChI=1S/C10H11ClFNO2/c1-2-15-10(14)4-6-3-7(11)8(12)5-9(6)13/h3,5H,2,4,13H2,1H3. The van der Waals surface area contributed by atoms with Crippen LogP contribution in [0, 0.1) is 5.82 Å². The van der Waals surface area contributed by atoms with Gasteiger partial charge in [-0.25, -0.2) is 4.39 Å². The quantitative estimate of drug-likeness (QED) is 0.641. The zero-order valence-corrected chi connectivity index (χ0v) is 8.97. The Kier molecular flexibility index (Phi) is 3.91. The molecule has 0 aliphatic carbocycles. The minimum absolute atomic E-state index is 0.000324. The Bertz CT molecular complexity index is 382. The van der Waals surface area contributed by atoms with E-state index in [1.54, 1.807) is 6.92 Å². The molecule has 1 aromatic rings. The van der Waals surface area contributed by atoms with Crippen LogP contribution >= 0.6 is 11.6 Å². The Balaban J connectivity index is 2.86. The van der Waals surface area contributed by atoms with Crippen molar-refractivity contribution in [3.05, 3.63) is 28.5 Å². The molecule has 1 aromatic carbocycles. The van der Waals surface area contributed by atoms with E-state index < -0.39 is 11.8 Å². The molecule has 82 valence electrons. The fraction of sp³-hybridized carbons (Fsp3) is 0.300. The number of ether oxygens (including phenoxy) is 1. The monoisotopic (exact) mass is 231 g/mol. The van der Waals surface area contributed by atoms with E-state index in [-0.39, 0.29) is 17.1 Å². The average molecular weight is 232 g/mol. The minimum Gasteiger partial charge on any atom is -0.466 e. The van der Waals surface area contributed by atoms with Crippen LogP contribution in [-0.4, -0.2) is 12.6 Å². The first-order valence-electron chi connectivity index (χ1n) is 4.43. The molecule has 0 saturated heterocycles. The topological polar surface area (TPSA) is 52.3 Å². The Hall–Kier alpha value is -1.29. The minimum atomic E-state index is -0.596. The first-order valence-corrected chi connectivity index (χ1v) is 4.81. The van der Waals surface area contributed by atoms with Crippen LogP contribution in [0.25, 0.3) is 0 Å². The Morgan fingerprint density at radius 2 is 2.27 bits per heavy atom. The van der Waals surface area contributed by atoms with E-state index in [0.717, 1.165) is 6.07 Å². The van der Waals surface area contributed by atoms with Crippen molar-refractivity contribution in [3.8, 4) is 0 Å². The van der Waals surface area contributed by atoms with Gasteiger partial charge < -0.3 is 10.5 Å². The van der Waals surface area contributed by atoms with Crippen LogP contribution in [-0.2, 0) is 16.0 Å². The number of nitrogens with two attached hydrogens (primary N) is 1. The Morgan fingerprint density at radius 3 is 2.87 bits per heavy atom. The van der Waals surface area contributed by atoms with Crippen LogP contribution in [0.5, 0.6) is 0 Å². The van der Waals surface area contributed by atoms with Gasteiger partial charge in [-0.15, -0.1) is 0 Å². The molecule has 0 bridgehead atoms. The number of benzene rings is 1. The smallest absolute Gasteiger partial charge is 0.310 e. The lowest BCUT2D eigenvalue weighted by Crippen LogP contribution is -2.09. The third-order valence-electron chi connectivity index (χ3n) is 1.82. The van der Waals surface area contributed by atoms with Gasteiger partial charge in [-0.2, -0.15) is 0 Å². The number of anilines is 1. The molecule has 0 heterocycles. The zero-order valence-electron chi connectivity index (χ0n) is 8.22. The van der Waals surface area contributed by atoms with Crippen LogP contribution in [0.2, 0.25) is 5.02 Å². The fourth-order valence-electron chi connectivity index (χ4n) is 1.12. The van der Waals surface area contributed by atoms with Gasteiger partial charge in [0.05, 0.1) is 18.1 Å². The van der Waals surface area contributed by atoms with E-state index in [9.17, 15) is 9.18 Å². The summed E-state index contributed by atoms with van der Waals surface area (Å²) in [5.74, 6) is -1.01. The maximum Gasteiger partial charge on any atom is 0.310 e. The van der Waals surface area contributed by atoms with Crippen LogP contribution in [0.3, 0.4) is 0 Å². The third-order valence-corrected chi connectivity index (χ3v) is 2.11. The van der Waals surface area contributed by atoms with Gasteiger partial charge in [-0.1, -0.05) is 11.6 Å². The predicted molar refractivity (Wildman–Crippen MR) is 56.2 cm³/mol. The maximum atomic E-state index is 12.9. The lowest BCUT2D eigenvalue weighted by Gasteiger charge is -2.06. The number of rotatable bonds is 3. The van der Waals surface area contributed by atoms with E-state index in [1.165, 1.54) is 6.07 Å². The third kappa shape index (κ3) is 3.09. The van der Waals surface area contributed by atoms with Gasteiger partial charge in [0.15, 0.2) is 0 Å². The fourth-order valence-corrected chi connectivity index (χ4v) is 1.31.